The minimum absolute atomic E-state index is 0.318. The van der Waals surface area contributed by atoms with Gasteiger partial charge in [0.15, 0.2) is 5.69 Å². The molecule has 0 saturated carbocycles. The summed E-state index contributed by atoms with van der Waals surface area (Å²) in [7, 11) is 0. The molecule has 84 valence electrons. The molecule has 2 heterocycles. The second kappa shape index (κ2) is 4.22. The lowest BCUT2D eigenvalue weighted by Crippen LogP contribution is -2.06. The number of aryl methyl sites for hydroxylation is 1. The number of carbonyl (C=O) groups is 1. The molecule has 0 spiro atoms. The zero-order chi connectivity index (χ0) is 11.5. The lowest BCUT2D eigenvalue weighted by atomic mass is 10.3. The fourth-order valence-corrected chi connectivity index (χ4v) is 1.39. The van der Waals surface area contributed by atoms with Crippen LogP contribution < -0.4 is 0 Å². The maximum atomic E-state index is 11.5. The van der Waals surface area contributed by atoms with Crippen LogP contribution >= 0.6 is 0 Å². The lowest BCUT2D eigenvalue weighted by molar-refractivity contribution is 0.0519. The van der Waals surface area contributed by atoms with Gasteiger partial charge in [-0.1, -0.05) is 0 Å². The minimum atomic E-state index is -0.411. The fourth-order valence-electron chi connectivity index (χ4n) is 1.39. The average Bonchev–Trinajstić information content (AvgIpc) is 2.86. The van der Waals surface area contributed by atoms with Crippen LogP contribution in [0.25, 0.3) is 11.4 Å². The molecule has 0 radical (unpaired) electrons. The zero-order valence-electron chi connectivity index (χ0n) is 9.11. The van der Waals surface area contributed by atoms with Gasteiger partial charge in [-0.05, 0) is 19.9 Å². The van der Waals surface area contributed by atoms with Crippen LogP contribution in [-0.4, -0.2) is 22.5 Å². The van der Waals surface area contributed by atoms with Crippen LogP contribution in [0.15, 0.2) is 23.0 Å². The first-order chi connectivity index (χ1) is 7.72. The third kappa shape index (κ3) is 1.84. The molecule has 0 aliphatic rings. The van der Waals surface area contributed by atoms with Crippen LogP contribution in [0.3, 0.4) is 0 Å². The number of aromatic amines is 1. The Morgan fingerprint density at radius 3 is 3.06 bits per heavy atom. The van der Waals surface area contributed by atoms with E-state index in [0.29, 0.717) is 23.8 Å². The van der Waals surface area contributed by atoms with E-state index in [9.17, 15) is 4.79 Å². The smallest absolute Gasteiger partial charge is 0.358 e. The monoisotopic (exact) mass is 220 g/mol. The summed E-state index contributed by atoms with van der Waals surface area (Å²) in [5, 5.41) is 0. The second-order valence-corrected chi connectivity index (χ2v) is 3.29. The highest BCUT2D eigenvalue weighted by Crippen LogP contribution is 2.18. The van der Waals surface area contributed by atoms with Crippen molar-refractivity contribution in [1.29, 1.82) is 0 Å². The Hall–Kier alpha value is -2.04. The van der Waals surface area contributed by atoms with Gasteiger partial charge >= 0.3 is 5.97 Å². The Kier molecular flexibility index (Phi) is 2.76. The molecule has 0 saturated heterocycles. The molecule has 1 N–H and O–H groups in total. The summed E-state index contributed by atoms with van der Waals surface area (Å²) in [4.78, 5) is 18.7. The number of aromatic nitrogens is 2. The molecule has 2 aromatic heterocycles. The number of esters is 1. The number of furan rings is 1. The molecule has 16 heavy (non-hydrogen) atoms. The van der Waals surface area contributed by atoms with Crippen LogP contribution in [0.4, 0.5) is 0 Å². The Morgan fingerprint density at radius 1 is 1.62 bits per heavy atom. The molecule has 0 aliphatic heterocycles. The van der Waals surface area contributed by atoms with Crippen LogP contribution in [0, 0.1) is 6.92 Å². The summed E-state index contributed by atoms with van der Waals surface area (Å²) >= 11 is 0. The molecule has 2 rings (SSSR count). The highest BCUT2D eigenvalue weighted by molar-refractivity contribution is 5.89. The average molecular weight is 220 g/mol. The molecule has 2 aromatic rings. The number of ether oxygens (including phenoxy) is 1. The molecule has 5 heteroatoms. The lowest BCUT2D eigenvalue weighted by Gasteiger charge is -1.97. The number of H-pyrrole nitrogens is 1. The molecule has 0 aromatic carbocycles. The highest BCUT2D eigenvalue weighted by Gasteiger charge is 2.16. The molecular weight excluding hydrogens is 208 g/mol. The van der Waals surface area contributed by atoms with Gasteiger partial charge in [0, 0.05) is 5.69 Å². The Bertz CT molecular complexity index is 485. The molecule has 0 amide bonds. The standard InChI is InChI=1S/C11H12N2O3/c1-3-16-11(14)9-7(2)12-10(13-9)8-4-5-15-6-8/h4-6H,3H2,1-2H3,(H,12,13). The summed E-state index contributed by atoms with van der Waals surface area (Å²) in [5.74, 6) is 0.195. The summed E-state index contributed by atoms with van der Waals surface area (Å²) in [6.45, 7) is 3.88. The van der Waals surface area contributed by atoms with E-state index in [-0.39, 0.29) is 0 Å². The van der Waals surface area contributed by atoms with Crippen molar-refractivity contribution in [3.63, 3.8) is 0 Å². The number of rotatable bonds is 3. The third-order valence-electron chi connectivity index (χ3n) is 2.15. The van der Waals surface area contributed by atoms with E-state index in [0.717, 1.165) is 5.56 Å². The van der Waals surface area contributed by atoms with Crippen molar-refractivity contribution < 1.29 is 13.9 Å². The Morgan fingerprint density at radius 2 is 2.44 bits per heavy atom. The van der Waals surface area contributed by atoms with Gasteiger partial charge in [0.2, 0.25) is 0 Å². The van der Waals surface area contributed by atoms with E-state index in [1.165, 1.54) is 0 Å². The van der Waals surface area contributed by atoms with Gasteiger partial charge < -0.3 is 14.1 Å². The number of nitrogens with one attached hydrogen (secondary N) is 1. The van der Waals surface area contributed by atoms with Crippen molar-refractivity contribution in [1.82, 2.24) is 9.97 Å². The van der Waals surface area contributed by atoms with E-state index in [4.69, 9.17) is 9.15 Å². The van der Waals surface area contributed by atoms with Gasteiger partial charge in [-0.2, -0.15) is 0 Å². The maximum Gasteiger partial charge on any atom is 0.358 e. The predicted octanol–water partition coefficient (Wildman–Crippen LogP) is 2.15. The van der Waals surface area contributed by atoms with E-state index >= 15 is 0 Å². The van der Waals surface area contributed by atoms with Crippen LogP contribution in [-0.2, 0) is 4.74 Å². The fraction of sp³-hybridized carbons (Fsp3) is 0.273. The molecule has 0 aliphatic carbocycles. The Balaban J connectivity index is 2.32. The van der Waals surface area contributed by atoms with Crippen molar-refractivity contribution in [2.24, 2.45) is 0 Å². The van der Waals surface area contributed by atoms with E-state index < -0.39 is 5.97 Å². The number of carbonyl (C=O) groups excluding carboxylic acids is 1. The summed E-state index contributed by atoms with van der Waals surface area (Å²) in [5.41, 5.74) is 1.81. The van der Waals surface area contributed by atoms with E-state index in [1.54, 1.807) is 32.4 Å². The van der Waals surface area contributed by atoms with Gasteiger partial charge in [-0.25, -0.2) is 9.78 Å². The van der Waals surface area contributed by atoms with Crippen molar-refractivity contribution in [2.75, 3.05) is 6.61 Å². The normalized spacial score (nSPS) is 10.4. The quantitative estimate of drug-likeness (QED) is 0.805. The Labute approximate surface area is 92.4 Å². The van der Waals surface area contributed by atoms with Gasteiger partial charge in [-0.15, -0.1) is 0 Å². The van der Waals surface area contributed by atoms with E-state index in [2.05, 4.69) is 9.97 Å². The first-order valence-corrected chi connectivity index (χ1v) is 4.98. The first-order valence-electron chi connectivity index (χ1n) is 4.98. The first kappa shape index (κ1) is 10.5. The molecule has 5 nitrogen and oxygen atoms in total. The highest BCUT2D eigenvalue weighted by atomic mass is 16.5. The number of hydrogen-bond acceptors (Lipinski definition) is 4. The van der Waals surface area contributed by atoms with Crippen LogP contribution in [0.5, 0.6) is 0 Å². The maximum absolute atomic E-state index is 11.5. The van der Waals surface area contributed by atoms with Crippen LogP contribution in [0.1, 0.15) is 23.1 Å². The van der Waals surface area contributed by atoms with Crippen molar-refractivity contribution in [2.45, 2.75) is 13.8 Å². The van der Waals surface area contributed by atoms with Crippen molar-refractivity contribution >= 4 is 5.97 Å². The van der Waals surface area contributed by atoms with Gasteiger partial charge in [0.1, 0.15) is 12.1 Å². The van der Waals surface area contributed by atoms with Crippen molar-refractivity contribution in [3.05, 3.63) is 30.0 Å². The molecule has 0 atom stereocenters. The SMILES string of the molecule is CCOC(=O)c1nc(-c2ccoc2)[nH]c1C. The minimum Gasteiger partial charge on any atom is -0.472 e. The second-order valence-electron chi connectivity index (χ2n) is 3.29. The van der Waals surface area contributed by atoms with Crippen molar-refractivity contribution in [3.8, 4) is 11.4 Å². The molecule has 0 fully saturated rings. The van der Waals surface area contributed by atoms with Crippen LogP contribution in [0.2, 0.25) is 0 Å². The number of imidazole rings is 1. The molecule has 0 unspecified atom stereocenters. The molecule has 0 bridgehead atoms. The summed E-state index contributed by atoms with van der Waals surface area (Å²) < 4.78 is 9.84. The number of nitrogens with zero attached hydrogens (tertiary/aromatic N) is 1. The summed E-state index contributed by atoms with van der Waals surface area (Å²) in [6, 6.07) is 1.77. The van der Waals surface area contributed by atoms with Gasteiger partial charge in [0.05, 0.1) is 18.4 Å². The van der Waals surface area contributed by atoms with Gasteiger partial charge in [-0.3, -0.25) is 0 Å². The predicted molar refractivity (Wildman–Crippen MR) is 57.0 cm³/mol. The largest absolute Gasteiger partial charge is 0.472 e. The van der Waals surface area contributed by atoms with Gasteiger partial charge in [0.25, 0.3) is 0 Å². The third-order valence-corrected chi connectivity index (χ3v) is 2.15. The summed E-state index contributed by atoms with van der Waals surface area (Å²) in [6.07, 6.45) is 3.12. The molecular formula is C11H12N2O3. The zero-order valence-corrected chi connectivity index (χ0v) is 9.11. The van der Waals surface area contributed by atoms with E-state index in [1.807, 2.05) is 0 Å². The number of hydrogen-bond donors (Lipinski definition) is 1. The topological polar surface area (TPSA) is 68.1 Å².